The molecule has 0 aliphatic heterocycles. The van der Waals surface area contributed by atoms with Crippen LogP contribution < -0.4 is 0 Å². The van der Waals surface area contributed by atoms with Crippen molar-refractivity contribution in [1.29, 1.82) is 0 Å². The minimum absolute atomic E-state index is 0.0641. The fraction of sp³-hybridized carbons (Fsp3) is 0. The molecule has 0 unspecified atom stereocenters. The Balaban J connectivity index is 2.21. The molecule has 4 rings (SSSR count). The van der Waals surface area contributed by atoms with E-state index in [-0.39, 0.29) is 17.0 Å². The van der Waals surface area contributed by atoms with Crippen LogP contribution in [0.25, 0.3) is 22.2 Å². The van der Waals surface area contributed by atoms with Gasteiger partial charge in [-0.25, -0.2) is 0 Å². The van der Waals surface area contributed by atoms with E-state index >= 15 is 0 Å². The van der Waals surface area contributed by atoms with Crippen molar-refractivity contribution in [3.05, 3.63) is 57.6 Å². The van der Waals surface area contributed by atoms with Gasteiger partial charge in [0.1, 0.15) is 11.1 Å². The number of hydrogen-bond donors (Lipinski definition) is 0. The summed E-state index contributed by atoms with van der Waals surface area (Å²) in [6.07, 6.45) is 0. The molecule has 0 N–H and O–H groups in total. The molecule has 0 spiro atoms. The summed E-state index contributed by atoms with van der Waals surface area (Å²) in [5.41, 5.74) is 1.23. The zero-order chi connectivity index (χ0) is 13.9. The summed E-state index contributed by atoms with van der Waals surface area (Å²) in [4.78, 5) is 23.1. The highest BCUT2D eigenvalue weighted by atomic mass is 16.6. The van der Waals surface area contributed by atoms with Crippen molar-refractivity contribution in [3.63, 3.8) is 0 Å². The van der Waals surface area contributed by atoms with Crippen LogP contribution in [0.1, 0.15) is 15.9 Å². The Morgan fingerprint density at radius 2 is 1.85 bits per heavy atom. The quantitative estimate of drug-likeness (QED) is 0.390. The zero-order valence-electron chi connectivity index (χ0n) is 9.99. The van der Waals surface area contributed by atoms with Gasteiger partial charge in [-0.2, -0.15) is 0 Å². The van der Waals surface area contributed by atoms with Crippen LogP contribution >= 0.6 is 0 Å². The summed E-state index contributed by atoms with van der Waals surface area (Å²) in [5.74, 6) is 0.0440. The van der Waals surface area contributed by atoms with Gasteiger partial charge in [-0.1, -0.05) is 23.4 Å². The van der Waals surface area contributed by atoms with E-state index in [0.29, 0.717) is 27.8 Å². The lowest BCUT2D eigenvalue weighted by molar-refractivity contribution is -0.385. The molecule has 2 aromatic carbocycles. The highest BCUT2D eigenvalue weighted by Gasteiger charge is 2.34. The SMILES string of the molecule is O=C1c2c(cccc2[N+](=O)[O-])-c2onc3cccc1c23. The van der Waals surface area contributed by atoms with Crippen LogP contribution in [-0.4, -0.2) is 15.9 Å². The third kappa shape index (κ3) is 1.17. The highest BCUT2D eigenvalue weighted by molar-refractivity contribution is 6.26. The third-order valence-electron chi connectivity index (χ3n) is 3.46. The van der Waals surface area contributed by atoms with E-state index in [1.807, 2.05) is 0 Å². The van der Waals surface area contributed by atoms with Gasteiger partial charge in [-0.3, -0.25) is 14.9 Å². The number of nitro groups is 1. The van der Waals surface area contributed by atoms with Crippen LogP contribution in [0.15, 0.2) is 40.9 Å². The average molecular weight is 266 g/mol. The van der Waals surface area contributed by atoms with Gasteiger partial charge in [-0.05, 0) is 12.1 Å². The van der Waals surface area contributed by atoms with Crippen LogP contribution in [0.4, 0.5) is 5.69 Å². The first-order valence-electron chi connectivity index (χ1n) is 5.89. The second-order valence-corrected chi connectivity index (χ2v) is 4.50. The number of ketones is 1. The molecule has 20 heavy (non-hydrogen) atoms. The second kappa shape index (κ2) is 3.51. The van der Waals surface area contributed by atoms with Gasteiger partial charge in [-0.15, -0.1) is 0 Å². The summed E-state index contributed by atoms with van der Waals surface area (Å²) < 4.78 is 5.28. The monoisotopic (exact) mass is 266 g/mol. The van der Waals surface area contributed by atoms with E-state index in [1.165, 1.54) is 12.1 Å². The molecule has 3 aromatic rings. The van der Waals surface area contributed by atoms with Crippen molar-refractivity contribution in [1.82, 2.24) is 5.16 Å². The number of carbonyl (C=O) groups excluding carboxylic acids is 1. The predicted molar refractivity (Wildman–Crippen MR) is 69.5 cm³/mol. The standard InChI is InChI=1S/C14H6N2O4/c17-13-7-3-1-5-9-11(7)14(20-15-9)8-4-2-6-10(12(8)13)16(18)19/h1-6H. The Labute approximate surface area is 111 Å². The lowest BCUT2D eigenvalue weighted by Gasteiger charge is -2.13. The van der Waals surface area contributed by atoms with Gasteiger partial charge in [0.05, 0.1) is 10.3 Å². The normalized spacial score (nSPS) is 12.5. The van der Waals surface area contributed by atoms with Crippen molar-refractivity contribution in [2.45, 2.75) is 0 Å². The van der Waals surface area contributed by atoms with Crippen LogP contribution in [0.3, 0.4) is 0 Å². The minimum Gasteiger partial charge on any atom is -0.355 e. The molecule has 0 amide bonds. The molecule has 0 bridgehead atoms. The van der Waals surface area contributed by atoms with Crippen molar-refractivity contribution >= 4 is 22.4 Å². The summed E-state index contributed by atoms with van der Waals surface area (Å²) in [6, 6.07) is 9.54. The lowest BCUT2D eigenvalue weighted by atomic mass is 9.87. The van der Waals surface area contributed by atoms with Gasteiger partial charge >= 0.3 is 0 Å². The first-order chi connectivity index (χ1) is 9.68. The van der Waals surface area contributed by atoms with Crippen LogP contribution in [-0.2, 0) is 0 Å². The number of rotatable bonds is 1. The first kappa shape index (κ1) is 10.9. The number of carbonyl (C=O) groups is 1. The van der Waals surface area contributed by atoms with Crippen LogP contribution in [0.2, 0.25) is 0 Å². The van der Waals surface area contributed by atoms with Crippen molar-refractivity contribution in [3.8, 4) is 11.3 Å². The van der Waals surface area contributed by atoms with E-state index < -0.39 is 4.92 Å². The van der Waals surface area contributed by atoms with Gasteiger partial charge in [0.25, 0.3) is 5.69 Å². The summed E-state index contributed by atoms with van der Waals surface area (Å²) in [6.45, 7) is 0. The molecule has 1 aliphatic rings. The first-order valence-corrected chi connectivity index (χ1v) is 5.89. The summed E-state index contributed by atoms with van der Waals surface area (Å²) in [5, 5.41) is 15.6. The highest BCUT2D eigenvalue weighted by Crippen LogP contribution is 2.42. The number of fused-ring (bicyclic) bond motifs is 2. The van der Waals surface area contributed by atoms with E-state index in [9.17, 15) is 14.9 Å². The van der Waals surface area contributed by atoms with Gasteiger partial charge in [0.15, 0.2) is 5.76 Å². The Morgan fingerprint density at radius 1 is 1.10 bits per heavy atom. The third-order valence-corrected chi connectivity index (χ3v) is 3.46. The van der Waals surface area contributed by atoms with Crippen molar-refractivity contribution in [2.24, 2.45) is 0 Å². The van der Waals surface area contributed by atoms with Crippen molar-refractivity contribution < 1.29 is 14.2 Å². The maximum absolute atomic E-state index is 12.5. The largest absolute Gasteiger partial charge is 0.355 e. The Bertz CT molecular complexity index is 911. The van der Waals surface area contributed by atoms with Gasteiger partial charge < -0.3 is 4.52 Å². The fourth-order valence-corrected chi connectivity index (χ4v) is 2.62. The maximum atomic E-state index is 12.5. The molecule has 0 saturated heterocycles. The molecule has 1 aromatic heterocycles. The van der Waals surface area contributed by atoms with E-state index in [0.717, 1.165) is 0 Å². The molecule has 0 radical (unpaired) electrons. The van der Waals surface area contributed by atoms with E-state index in [2.05, 4.69) is 5.16 Å². The molecule has 1 aliphatic carbocycles. The van der Waals surface area contributed by atoms with Crippen LogP contribution in [0, 0.1) is 10.1 Å². The van der Waals surface area contributed by atoms with Gasteiger partial charge in [0, 0.05) is 17.2 Å². The molecule has 6 heteroatoms. The molecule has 1 heterocycles. The van der Waals surface area contributed by atoms with E-state index in [1.54, 1.807) is 24.3 Å². The maximum Gasteiger partial charge on any atom is 0.281 e. The molecular weight excluding hydrogens is 260 g/mol. The summed E-state index contributed by atoms with van der Waals surface area (Å²) in [7, 11) is 0. The van der Waals surface area contributed by atoms with Crippen LogP contribution in [0.5, 0.6) is 0 Å². The average Bonchev–Trinajstić information content (AvgIpc) is 2.89. The topological polar surface area (TPSA) is 86.2 Å². The van der Waals surface area contributed by atoms with Crippen molar-refractivity contribution in [2.75, 3.05) is 0 Å². The predicted octanol–water partition coefficient (Wildman–Crippen LogP) is 2.95. The molecule has 6 nitrogen and oxygen atoms in total. The molecule has 0 saturated carbocycles. The smallest absolute Gasteiger partial charge is 0.281 e. The Hall–Kier alpha value is -3.02. The zero-order valence-corrected chi connectivity index (χ0v) is 9.99. The van der Waals surface area contributed by atoms with E-state index in [4.69, 9.17) is 4.52 Å². The Morgan fingerprint density at radius 3 is 2.65 bits per heavy atom. The lowest BCUT2D eigenvalue weighted by Crippen LogP contribution is -2.11. The molecule has 0 atom stereocenters. The molecular formula is C14H6N2O4. The fourth-order valence-electron chi connectivity index (χ4n) is 2.62. The number of hydrogen-bond acceptors (Lipinski definition) is 5. The number of nitro benzene ring substituents is 1. The van der Waals surface area contributed by atoms with Gasteiger partial charge in [0.2, 0.25) is 5.78 Å². The number of benzene rings is 2. The summed E-state index contributed by atoms with van der Waals surface area (Å²) >= 11 is 0. The second-order valence-electron chi connectivity index (χ2n) is 4.50. The Kier molecular flexibility index (Phi) is 1.90. The number of aromatic nitrogens is 1. The molecule has 0 fully saturated rings. The minimum atomic E-state index is -0.557. The molecule has 96 valence electrons. The number of nitrogens with zero attached hydrogens (tertiary/aromatic N) is 2.